The minimum absolute atomic E-state index is 0.0151. The summed E-state index contributed by atoms with van der Waals surface area (Å²) in [5.74, 6) is 1.41. The van der Waals surface area contributed by atoms with Gasteiger partial charge in [-0.1, -0.05) is 58.0 Å². The monoisotopic (exact) mass is 408 g/mol. The van der Waals surface area contributed by atoms with Crippen LogP contribution in [0.4, 0.5) is 5.69 Å². The Kier molecular flexibility index (Phi) is 7.06. The first-order valence-electron chi connectivity index (χ1n) is 11.1. The minimum Gasteiger partial charge on any atom is -0.483 e. The first-order valence-corrected chi connectivity index (χ1v) is 11.1. The van der Waals surface area contributed by atoms with E-state index in [1.54, 1.807) is 0 Å². The molecule has 2 aromatic rings. The van der Waals surface area contributed by atoms with Crippen molar-refractivity contribution in [2.24, 2.45) is 5.92 Å². The number of nitrogens with zero attached hydrogens (tertiary/aromatic N) is 1. The van der Waals surface area contributed by atoms with Crippen molar-refractivity contribution in [3.8, 4) is 5.75 Å². The van der Waals surface area contributed by atoms with Crippen LogP contribution in [0.5, 0.6) is 5.75 Å². The number of ether oxygens (including phenoxy) is 1. The first-order chi connectivity index (χ1) is 14.2. The molecule has 1 heterocycles. The smallest absolute Gasteiger partial charge is 0.258 e. The molecule has 2 aromatic carbocycles. The second kappa shape index (κ2) is 9.55. The van der Waals surface area contributed by atoms with Gasteiger partial charge in [-0.25, -0.2) is 0 Å². The Balaban J connectivity index is 1.55. The summed E-state index contributed by atoms with van der Waals surface area (Å²) in [6.45, 7) is 13.0. The lowest BCUT2D eigenvalue weighted by Gasteiger charge is -2.33. The normalized spacial score (nSPS) is 18.0. The lowest BCUT2D eigenvalue weighted by molar-refractivity contribution is -0.123. The number of para-hydroxylation sites is 1. The Bertz CT molecular complexity index is 839. The molecule has 0 unspecified atom stereocenters. The van der Waals surface area contributed by atoms with Crippen LogP contribution in [0.2, 0.25) is 0 Å². The third-order valence-corrected chi connectivity index (χ3v) is 5.85. The quantitative estimate of drug-likeness (QED) is 0.688. The largest absolute Gasteiger partial charge is 0.483 e. The van der Waals surface area contributed by atoms with E-state index >= 15 is 0 Å². The Hall–Kier alpha value is -2.49. The zero-order valence-corrected chi connectivity index (χ0v) is 19.1. The molecular formula is C26H36N2O2. The van der Waals surface area contributed by atoms with E-state index in [9.17, 15) is 4.79 Å². The molecule has 0 saturated carbocycles. The fourth-order valence-electron chi connectivity index (χ4n) is 4.12. The highest BCUT2D eigenvalue weighted by Gasteiger charge is 2.20. The van der Waals surface area contributed by atoms with E-state index in [0.29, 0.717) is 0 Å². The van der Waals surface area contributed by atoms with E-state index in [0.717, 1.165) is 35.9 Å². The molecule has 1 aliphatic rings. The van der Waals surface area contributed by atoms with Gasteiger partial charge in [0.2, 0.25) is 0 Å². The van der Waals surface area contributed by atoms with Crippen molar-refractivity contribution in [2.45, 2.75) is 58.9 Å². The SMILES string of the molecule is C[C@@H]1CCCN(c2ccc([C@@H](C)NC(=O)COc3ccccc3C(C)(C)C)cc2)C1. The van der Waals surface area contributed by atoms with Crippen LogP contribution >= 0.6 is 0 Å². The predicted octanol–water partition coefficient (Wildman–Crippen LogP) is 5.48. The summed E-state index contributed by atoms with van der Waals surface area (Å²) < 4.78 is 5.85. The van der Waals surface area contributed by atoms with E-state index in [-0.39, 0.29) is 24.0 Å². The van der Waals surface area contributed by atoms with Crippen LogP contribution in [0.3, 0.4) is 0 Å². The Labute approximate surface area is 181 Å². The van der Waals surface area contributed by atoms with Gasteiger partial charge in [0, 0.05) is 18.8 Å². The van der Waals surface area contributed by atoms with E-state index < -0.39 is 0 Å². The van der Waals surface area contributed by atoms with Gasteiger partial charge in [0.15, 0.2) is 6.61 Å². The van der Waals surface area contributed by atoms with Crippen molar-refractivity contribution in [3.63, 3.8) is 0 Å². The van der Waals surface area contributed by atoms with Crippen LogP contribution < -0.4 is 15.0 Å². The van der Waals surface area contributed by atoms with Crippen LogP contribution in [-0.2, 0) is 10.2 Å². The number of nitrogens with one attached hydrogen (secondary N) is 1. The second-order valence-corrected chi connectivity index (χ2v) is 9.61. The van der Waals surface area contributed by atoms with Crippen LogP contribution in [0.1, 0.15) is 64.6 Å². The van der Waals surface area contributed by atoms with Crippen molar-refractivity contribution in [2.75, 3.05) is 24.6 Å². The molecule has 30 heavy (non-hydrogen) atoms. The average Bonchev–Trinajstić information content (AvgIpc) is 2.72. The highest BCUT2D eigenvalue weighted by Crippen LogP contribution is 2.31. The van der Waals surface area contributed by atoms with Gasteiger partial charge in [-0.15, -0.1) is 0 Å². The Morgan fingerprint density at radius 2 is 1.87 bits per heavy atom. The first kappa shape index (κ1) is 22.2. The van der Waals surface area contributed by atoms with Crippen molar-refractivity contribution in [1.82, 2.24) is 5.32 Å². The summed E-state index contributed by atoms with van der Waals surface area (Å²) in [5.41, 5.74) is 3.44. The van der Waals surface area contributed by atoms with Crippen LogP contribution in [0.25, 0.3) is 0 Å². The molecule has 1 aliphatic heterocycles. The minimum atomic E-state index is -0.111. The van der Waals surface area contributed by atoms with Gasteiger partial charge in [0.1, 0.15) is 5.75 Å². The molecule has 0 bridgehead atoms. The van der Waals surface area contributed by atoms with Crippen molar-refractivity contribution in [3.05, 3.63) is 59.7 Å². The summed E-state index contributed by atoms with van der Waals surface area (Å²) in [6, 6.07) is 16.5. The van der Waals surface area contributed by atoms with Crippen LogP contribution in [-0.4, -0.2) is 25.6 Å². The maximum absolute atomic E-state index is 12.5. The fourth-order valence-corrected chi connectivity index (χ4v) is 4.12. The zero-order chi connectivity index (χ0) is 21.7. The van der Waals surface area contributed by atoms with Crippen LogP contribution in [0, 0.1) is 5.92 Å². The molecule has 0 aliphatic carbocycles. The molecule has 4 nitrogen and oxygen atoms in total. The average molecular weight is 409 g/mol. The van der Waals surface area contributed by atoms with Crippen molar-refractivity contribution >= 4 is 11.6 Å². The topological polar surface area (TPSA) is 41.6 Å². The number of anilines is 1. The van der Waals surface area contributed by atoms with Crippen LogP contribution in [0.15, 0.2) is 48.5 Å². The van der Waals surface area contributed by atoms with Gasteiger partial charge in [-0.05, 0) is 60.4 Å². The molecule has 162 valence electrons. The van der Waals surface area contributed by atoms with Gasteiger partial charge < -0.3 is 15.0 Å². The molecule has 1 N–H and O–H groups in total. The van der Waals surface area contributed by atoms with Crippen molar-refractivity contribution in [1.29, 1.82) is 0 Å². The molecule has 0 aromatic heterocycles. The standard InChI is InChI=1S/C26H36N2O2/c1-19-9-8-16-28(17-19)22-14-12-21(13-15-22)20(2)27-25(29)18-30-24-11-7-6-10-23(24)26(3,4)5/h6-7,10-15,19-20H,8-9,16-18H2,1-5H3,(H,27,29)/t19-,20-/m1/s1. The molecule has 0 radical (unpaired) electrons. The molecule has 1 amide bonds. The number of amides is 1. The summed E-state index contributed by atoms with van der Waals surface area (Å²) in [7, 11) is 0. The molecule has 4 heteroatoms. The van der Waals surface area contributed by atoms with Gasteiger partial charge in [0.05, 0.1) is 6.04 Å². The van der Waals surface area contributed by atoms with Crippen molar-refractivity contribution < 1.29 is 9.53 Å². The number of carbonyl (C=O) groups excluding carboxylic acids is 1. The van der Waals surface area contributed by atoms with E-state index in [2.05, 4.69) is 68.2 Å². The lowest BCUT2D eigenvalue weighted by atomic mass is 9.86. The molecular weight excluding hydrogens is 372 g/mol. The summed E-state index contributed by atoms with van der Waals surface area (Å²) in [5, 5.41) is 3.05. The lowest BCUT2D eigenvalue weighted by Crippen LogP contribution is -2.34. The number of benzene rings is 2. The fraction of sp³-hybridized carbons (Fsp3) is 0.500. The third-order valence-electron chi connectivity index (χ3n) is 5.85. The summed E-state index contributed by atoms with van der Waals surface area (Å²) in [6.07, 6.45) is 2.58. The number of carbonyl (C=O) groups is 1. The molecule has 1 saturated heterocycles. The number of hydrogen-bond acceptors (Lipinski definition) is 3. The molecule has 1 fully saturated rings. The second-order valence-electron chi connectivity index (χ2n) is 9.61. The number of piperidine rings is 1. The summed E-state index contributed by atoms with van der Waals surface area (Å²) >= 11 is 0. The number of rotatable bonds is 6. The predicted molar refractivity (Wildman–Crippen MR) is 124 cm³/mol. The Morgan fingerprint density at radius 3 is 2.53 bits per heavy atom. The molecule has 2 atom stereocenters. The van der Waals surface area contributed by atoms with Gasteiger partial charge >= 0.3 is 0 Å². The Morgan fingerprint density at radius 1 is 1.17 bits per heavy atom. The van der Waals surface area contributed by atoms with Gasteiger partial charge in [-0.2, -0.15) is 0 Å². The van der Waals surface area contributed by atoms with E-state index in [4.69, 9.17) is 4.74 Å². The highest BCUT2D eigenvalue weighted by atomic mass is 16.5. The van der Waals surface area contributed by atoms with Gasteiger partial charge in [0.25, 0.3) is 5.91 Å². The third kappa shape index (κ3) is 5.78. The highest BCUT2D eigenvalue weighted by molar-refractivity contribution is 5.78. The van der Waals surface area contributed by atoms with Gasteiger partial charge in [-0.3, -0.25) is 4.79 Å². The number of hydrogen-bond donors (Lipinski definition) is 1. The van der Waals surface area contributed by atoms with E-state index in [1.807, 2.05) is 25.1 Å². The molecule has 0 spiro atoms. The summed E-state index contributed by atoms with van der Waals surface area (Å²) in [4.78, 5) is 14.9. The zero-order valence-electron chi connectivity index (χ0n) is 19.1. The maximum atomic E-state index is 12.5. The molecule has 3 rings (SSSR count). The maximum Gasteiger partial charge on any atom is 0.258 e. The van der Waals surface area contributed by atoms with E-state index in [1.165, 1.54) is 18.5 Å².